The molecule has 0 N–H and O–H groups in total. The molecule has 0 aromatic rings. The van der Waals surface area contributed by atoms with E-state index in [0.29, 0.717) is 0 Å². The third-order valence-electron chi connectivity index (χ3n) is 0.859. The van der Waals surface area contributed by atoms with E-state index in [-0.39, 0.29) is 6.42 Å². The predicted octanol–water partition coefficient (Wildman–Crippen LogP) is 4.14. The highest BCUT2D eigenvalue weighted by Gasteiger charge is 2.44. The van der Waals surface area contributed by atoms with Crippen LogP contribution in [0.15, 0.2) is 0 Å². The summed E-state index contributed by atoms with van der Waals surface area (Å²) >= 11 is 14.3. The first-order valence-electron chi connectivity index (χ1n) is 2.26. The third kappa shape index (κ3) is 3.04. The quantitative estimate of drug-likeness (QED) is 0.626. The van der Waals surface area contributed by atoms with Gasteiger partial charge in [-0.25, -0.2) is 4.39 Å². The minimum absolute atomic E-state index is 0.219. The zero-order valence-corrected chi connectivity index (χ0v) is 10.1. The van der Waals surface area contributed by atoms with E-state index >= 15 is 0 Å². The Morgan fingerprint density at radius 1 is 1.44 bits per heavy atom. The Kier molecular flexibility index (Phi) is 3.99. The average molecular weight is 347 g/mol. The molecule has 0 saturated heterocycles. The van der Waals surface area contributed by atoms with E-state index in [2.05, 4.69) is 47.8 Å². The van der Waals surface area contributed by atoms with Crippen molar-refractivity contribution in [3.8, 4) is 0 Å². The minimum atomic E-state index is -1.80. The van der Waals surface area contributed by atoms with Crippen molar-refractivity contribution < 1.29 is 4.39 Å². The largest absolute Gasteiger partial charge is 0.223 e. The van der Waals surface area contributed by atoms with Crippen LogP contribution < -0.4 is 0 Å². The standard InChI is InChI=1S/C4H5Br3ClF/c1-2-3(8,9)4(5,6)7/h2H2,1H3. The molecule has 0 aromatic heterocycles. The SMILES string of the molecule is CCC(F)(Cl)C(Br)(Br)Br. The molecule has 0 rings (SSSR count). The number of hydrogen-bond acceptors (Lipinski definition) is 0. The lowest BCUT2D eigenvalue weighted by atomic mass is 10.3. The van der Waals surface area contributed by atoms with Crippen molar-refractivity contribution in [2.75, 3.05) is 0 Å². The second-order valence-corrected chi connectivity index (χ2v) is 8.92. The average Bonchev–Trinajstić information content (AvgIpc) is 1.64. The fraction of sp³-hybridized carbons (Fsp3) is 1.00. The summed E-state index contributed by atoms with van der Waals surface area (Å²) < 4.78 is 11.9. The lowest BCUT2D eigenvalue weighted by Gasteiger charge is -2.24. The summed E-state index contributed by atoms with van der Waals surface area (Å²) in [4.78, 5) is 0. The monoisotopic (exact) mass is 344 g/mol. The molecule has 1 unspecified atom stereocenters. The van der Waals surface area contributed by atoms with Gasteiger partial charge in [0.15, 0.2) is 2.14 Å². The first-order valence-corrected chi connectivity index (χ1v) is 5.01. The summed E-state index contributed by atoms with van der Waals surface area (Å²) in [5, 5.41) is -1.80. The zero-order chi connectivity index (χ0) is 7.71. The fourth-order valence-corrected chi connectivity index (χ4v) is 1.04. The van der Waals surface area contributed by atoms with Gasteiger partial charge < -0.3 is 0 Å². The molecule has 0 aromatic carbocycles. The molecule has 56 valence electrons. The van der Waals surface area contributed by atoms with Crippen LogP contribution in [0.1, 0.15) is 13.3 Å². The lowest BCUT2D eigenvalue weighted by Crippen LogP contribution is -2.29. The Hall–Kier alpha value is 1.66. The van der Waals surface area contributed by atoms with Gasteiger partial charge in [-0.1, -0.05) is 66.3 Å². The summed E-state index contributed by atoms with van der Waals surface area (Å²) in [6.07, 6.45) is 0.219. The van der Waals surface area contributed by atoms with E-state index in [1.807, 2.05) is 0 Å². The van der Waals surface area contributed by atoms with Gasteiger partial charge in [0.25, 0.3) is 0 Å². The highest BCUT2D eigenvalue weighted by atomic mass is 80.0. The lowest BCUT2D eigenvalue weighted by molar-refractivity contribution is 0.289. The topological polar surface area (TPSA) is 0 Å². The second-order valence-electron chi connectivity index (χ2n) is 1.56. The van der Waals surface area contributed by atoms with Crippen LogP contribution in [0.3, 0.4) is 0 Å². The maximum absolute atomic E-state index is 13.0. The summed E-state index contributed by atoms with van der Waals surface area (Å²) in [6.45, 7) is 1.66. The Balaban J connectivity index is 4.14. The van der Waals surface area contributed by atoms with E-state index in [9.17, 15) is 4.39 Å². The van der Waals surface area contributed by atoms with Crippen molar-refractivity contribution in [2.24, 2.45) is 0 Å². The maximum Gasteiger partial charge on any atom is 0.217 e. The highest BCUT2D eigenvalue weighted by molar-refractivity contribution is 9.39. The van der Waals surface area contributed by atoms with Gasteiger partial charge in [-0.15, -0.1) is 0 Å². The van der Waals surface area contributed by atoms with E-state index < -0.39 is 7.27 Å². The smallest absolute Gasteiger partial charge is 0.217 e. The molecule has 0 nitrogen and oxygen atoms in total. The molecule has 0 saturated carbocycles. The van der Waals surface area contributed by atoms with Crippen LogP contribution in [0, 0.1) is 0 Å². The van der Waals surface area contributed by atoms with Crippen LogP contribution in [0.2, 0.25) is 0 Å². The van der Waals surface area contributed by atoms with Crippen molar-refractivity contribution in [1.29, 1.82) is 0 Å². The van der Waals surface area contributed by atoms with Crippen LogP contribution in [-0.4, -0.2) is 7.27 Å². The second kappa shape index (κ2) is 3.37. The van der Waals surface area contributed by atoms with Crippen molar-refractivity contribution >= 4 is 59.4 Å². The summed E-state index contributed by atoms with van der Waals surface area (Å²) in [7, 11) is 0. The Labute approximate surface area is 83.9 Å². The fourth-order valence-electron chi connectivity index (χ4n) is 0.200. The Morgan fingerprint density at radius 2 is 1.78 bits per heavy atom. The van der Waals surface area contributed by atoms with Crippen LogP contribution in [0.25, 0.3) is 0 Å². The molecule has 1 atom stereocenters. The van der Waals surface area contributed by atoms with E-state index in [4.69, 9.17) is 11.6 Å². The first kappa shape index (κ1) is 10.7. The summed E-state index contributed by atoms with van der Waals surface area (Å²) in [5.74, 6) is 0. The molecule has 0 heterocycles. The normalized spacial score (nSPS) is 19.3. The number of alkyl halides is 5. The molecular weight excluding hydrogens is 342 g/mol. The Bertz CT molecular complexity index is 98.5. The Morgan fingerprint density at radius 3 is 1.78 bits per heavy atom. The van der Waals surface area contributed by atoms with Crippen LogP contribution in [0.4, 0.5) is 4.39 Å². The predicted molar refractivity (Wildman–Crippen MR) is 49.5 cm³/mol. The van der Waals surface area contributed by atoms with Crippen molar-refractivity contribution in [3.63, 3.8) is 0 Å². The molecule has 0 aliphatic rings. The molecule has 9 heavy (non-hydrogen) atoms. The van der Waals surface area contributed by atoms with Gasteiger partial charge in [0, 0.05) is 0 Å². The van der Waals surface area contributed by atoms with E-state index in [1.165, 1.54) is 0 Å². The van der Waals surface area contributed by atoms with Crippen LogP contribution in [-0.2, 0) is 0 Å². The molecule has 0 amide bonds. The van der Waals surface area contributed by atoms with Crippen molar-refractivity contribution in [1.82, 2.24) is 0 Å². The number of hydrogen-bond donors (Lipinski definition) is 0. The van der Waals surface area contributed by atoms with Gasteiger partial charge >= 0.3 is 0 Å². The van der Waals surface area contributed by atoms with Gasteiger partial charge in [0.2, 0.25) is 5.13 Å². The van der Waals surface area contributed by atoms with E-state index in [1.54, 1.807) is 6.92 Å². The highest BCUT2D eigenvalue weighted by Crippen LogP contribution is 2.50. The van der Waals surface area contributed by atoms with Crippen molar-refractivity contribution in [2.45, 2.75) is 20.6 Å². The van der Waals surface area contributed by atoms with Gasteiger partial charge in [0.05, 0.1) is 0 Å². The van der Waals surface area contributed by atoms with Gasteiger partial charge in [0.1, 0.15) is 0 Å². The molecular formula is C4H5Br3ClF. The number of halogens is 5. The zero-order valence-electron chi connectivity index (χ0n) is 4.60. The van der Waals surface area contributed by atoms with E-state index in [0.717, 1.165) is 0 Å². The van der Waals surface area contributed by atoms with Crippen LogP contribution >= 0.6 is 59.4 Å². The molecule has 0 radical (unpaired) electrons. The minimum Gasteiger partial charge on any atom is -0.223 e. The first-order chi connectivity index (χ1) is 3.81. The summed E-state index contributed by atoms with van der Waals surface area (Å²) in [6, 6.07) is 0. The molecule has 5 heteroatoms. The van der Waals surface area contributed by atoms with Gasteiger partial charge in [-0.05, 0) is 6.42 Å². The van der Waals surface area contributed by atoms with Crippen molar-refractivity contribution in [3.05, 3.63) is 0 Å². The van der Waals surface area contributed by atoms with Crippen LogP contribution in [0.5, 0.6) is 0 Å². The molecule has 0 aliphatic heterocycles. The number of rotatable bonds is 1. The molecule has 0 aliphatic carbocycles. The third-order valence-corrected chi connectivity index (χ3v) is 3.98. The van der Waals surface area contributed by atoms with Gasteiger partial charge in [-0.3, -0.25) is 0 Å². The maximum atomic E-state index is 13.0. The van der Waals surface area contributed by atoms with Gasteiger partial charge in [-0.2, -0.15) is 0 Å². The summed E-state index contributed by atoms with van der Waals surface area (Å²) in [5.41, 5.74) is 0. The molecule has 0 spiro atoms. The molecule has 0 bridgehead atoms. The molecule has 0 fully saturated rings.